The lowest BCUT2D eigenvalue weighted by Gasteiger charge is -2.22. The maximum absolute atomic E-state index is 12.6. The topological polar surface area (TPSA) is 84.7 Å². The molecule has 0 fully saturated rings. The average Bonchev–Trinajstić information content (AvgIpc) is 2.78. The highest BCUT2D eigenvalue weighted by molar-refractivity contribution is 5.78. The van der Waals surface area contributed by atoms with E-state index in [4.69, 9.17) is 4.74 Å². The summed E-state index contributed by atoms with van der Waals surface area (Å²) in [6.45, 7) is 4.34. The Morgan fingerprint density at radius 1 is 1.15 bits per heavy atom. The molecular weight excluding hydrogens is 418 g/mol. The normalized spacial score (nSPS) is 11.8. The minimum Gasteiger partial charge on any atom is -0.478 e. The summed E-state index contributed by atoms with van der Waals surface area (Å²) in [5.74, 6) is 0.167. The number of hydrogen-bond donors (Lipinski definition) is 1. The molecule has 1 heterocycles. The van der Waals surface area contributed by atoms with Crippen LogP contribution < -0.4 is 15.2 Å². The van der Waals surface area contributed by atoms with Gasteiger partial charge in [-0.2, -0.15) is 0 Å². The molecule has 1 atom stereocenters. The van der Waals surface area contributed by atoms with Crippen LogP contribution in [0, 0.1) is 6.92 Å². The molecule has 0 saturated heterocycles. The summed E-state index contributed by atoms with van der Waals surface area (Å²) < 4.78 is 7.57. The lowest BCUT2D eigenvalue weighted by molar-refractivity contribution is -0.145. The fourth-order valence-electron chi connectivity index (χ4n) is 3.73. The van der Waals surface area contributed by atoms with Crippen molar-refractivity contribution in [2.45, 2.75) is 45.8 Å². The number of carbonyl (C=O) groups is 1. The number of carboxylic acid groups (broad SMARTS) is 1. The molecule has 33 heavy (non-hydrogen) atoms. The zero-order valence-electron chi connectivity index (χ0n) is 19.6. The van der Waals surface area contributed by atoms with Gasteiger partial charge in [-0.15, -0.1) is 0 Å². The van der Waals surface area contributed by atoms with E-state index in [1.54, 1.807) is 34.9 Å². The monoisotopic (exact) mass is 449 g/mol. The van der Waals surface area contributed by atoms with E-state index in [0.29, 0.717) is 17.9 Å². The number of aryl methyl sites for hydroxylation is 2. The third-order valence-electron chi connectivity index (χ3n) is 5.41. The number of unbranched alkanes of at least 4 members (excludes halogenated alkanes) is 1. The smallest absolute Gasteiger partial charge is 0.349 e. The molecule has 0 radical (unpaired) electrons. The van der Waals surface area contributed by atoms with Crippen molar-refractivity contribution in [3.8, 4) is 5.75 Å². The average molecular weight is 450 g/mol. The number of anilines is 1. The van der Waals surface area contributed by atoms with Gasteiger partial charge in [0.1, 0.15) is 11.6 Å². The van der Waals surface area contributed by atoms with Crippen molar-refractivity contribution in [1.82, 2.24) is 9.55 Å². The van der Waals surface area contributed by atoms with E-state index in [-0.39, 0.29) is 5.56 Å². The van der Waals surface area contributed by atoms with Crippen LogP contribution in [-0.4, -0.2) is 34.7 Å². The SMILES string of the molecule is CCCCc1nc(C)cc(=O)n1Cc1ccc(OC(C(=O)O)c2ccccc2N(C)C)cc1. The van der Waals surface area contributed by atoms with E-state index in [1.165, 1.54) is 0 Å². The molecule has 0 aliphatic carbocycles. The molecule has 0 amide bonds. The molecule has 0 aliphatic rings. The first-order valence-corrected chi connectivity index (χ1v) is 11.1. The molecule has 174 valence electrons. The maximum atomic E-state index is 12.6. The number of ether oxygens (including phenoxy) is 1. The highest BCUT2D eigenvalue weighted by atomic mass is 16.5. The van der Waals surface area contributed by atoms with Gasteiger partial charge in [0.25, 0.3) is 5.56 Å². The minimum absolute atomic E-state index is 0.0693. The summed E-state index contributed by atoms with van der Waals surface area (Å²) in [4.78, 5) is 31.0. The summed E-state index contributed by atoms with van der Waals surface area (Å²) in [6, 6.07) is 16.0. The van der Waals surface area contributed by atoms with Gasteiger partial charge in [-0.25, -0.2) is 9.78 Å². The minimum atomic E-state index is -1.14. The van der Waals surface area contributed by atoms with Crippen LogP contribution in [0.15, 0.2) is 59.4 Å². The second-order valence-corrected chi connectivity index (χ2v) is 8.28. The van der Waals surface area contributed by atoms with E-state index in [0.717, 1.165) is 42.0 Å². The van der Waals surface area contributed by atoms with Gasteiger partial charge in [-0.1, -0.05) is 43.7 Å². The van der Waals surface area contributed by atoms with Crippen LogP contribution in [0.1, 0.15) is 48.5 Å². The molecule has 0 spiro atoms. The van der Waals surface area contributed by atoms with Crippen molar-refractivity contribution < 1.29 is 14.6 Å². The Morgan fingerprint density at radius 2 is 1.85 bits per heavy atom. The standard InChI is InChI=1S/C26H31N3O4/c1-5-6-11-23-27-18(2)16-24(30)29(23)17-19-12-14-20(15-13-19)33-25(26(31)32)21-9-7-8-10-22(21)28(3)4/h7-10,12-16,25H,5-6,11,17H2,1-4H3,(H,31,32). The van der Waals surface area contributed by atoms with E-state index >= 15 is 0 Å². The second kappa shape index (κ2) is 10.8. The molecule has 1 N–H and O–H groups in total. The van der Waals surface area contributed by atoms with Crippen LogP contribution in [0.5, 0.6) is 5.75 Å². The molecule has 0 aliphatic heterocycles. The van der Waals surface area contributed by atoms with Gasteiger partial charge in [0.15, 0.2) is 0 Å². The van der Waals surface area contributed by atoms with Crippen molar-refractivity contribution in [2.24, 2.45) is 0 Å². The van der Waals surface area contributed by atoms with E-state index in [2.05, 4.69) is 11.9 Å². The lowest BCUT2D eigenvalue weighted by Crippen LogP contribution is -2.25. The van der Waals surface area contributed by atoms with Crippen molar-refractivity contribution in [3.05, 3.63) is 87.6 Å². The highest BCUT2D eigenvalue weighted by Crippen LogP contribution is 2.29. The quantitative estimate of drug-likeness (QED) is 0.499. The number of aliphatic carboxylic acids is 1. The molecule has 2 aromatic carbocycles. The Hall–Kier alpha value is -3.61. The summed E-state index contributed by atoms with van der Waals surface area (Å²) >= 11 is 0. The zero-order valence-corrected chi connectivity index (χ0v) is 19.6. The summed E-state index contributed by atoms with van der Waals surface area (Å²) in [6.07, 6.45) is 1.60. The number of nitrogens with zero attached hydrogens (tertiary/aromatic N) is 3. The van der Waals surface area contributed by atoms with Crippen molar-refractivity contribution in [2.75, 3.05) is 19.0 Å². The fraction of sp³-hybridized carbons (Fsp3) is 0.346. The molecule has 1 aromatic heterocycles. The largest absolute Gasteiger partial charge is 0.478 e. The van der Waals surface area contributed by atoms with Gasteiger partial charge in [-0.05, 0) is 37.1 Å². The van der Waals surface area contributed by atoms with Crippen molar-refractivity contribution in [1.29, 1.82) is 0 Å². The van der Waals surface area contributed by atoms with E-state index < -0.39 is 12.1 Å². The number of rotatable bonds is 10. The molecule has 0 saturated carbocycles. The van der Waals surface area contributed by atoms with Crippen LogP contribution >= 0.6 is 0 Å². The lowest BCUT2D eigenvalue weighted by atomic mass is 10.1. The fourth-order valence-corrected chi connectivity index (χ4v) is 3.73. The van der Waals surface area contributed by atoms with Crippen molar-refractivity contribution >= 4 is 11.7 Å². The summed E-state index contributed by atoms with van der Waals surface area (Å²) in [5.41, 5.74) is 2.93. The molecule has 3 rings (SSSR count). The third kappa shape index (κ3) is 6.00. The van der Waals surface area contributed by atoms with Crippen LogP contribution in [0.4, 0.5) is 5.69 Å². The predicted molar refractivity (Wildman–Crippen MR) is 129 cm³/mol. The third-order valence-corrected chi connectivity index (χ3v) is 5.41. The van der Waals surface area contributed by atoms with Gasteiger partial charge < -0.3 is 14.7 Å². The first kappa shape index (κ1) is 24.0. The van der Waals surface area contributed by atoms with Gasteiger partial charge >= 0.3 is 5.97 Å². The molecule has 1 unspecified atom stereocenters. The van der Waals surface area contributed by atoms with Gasteiger partial charge in [-0.3, -0.25) is 9.36 Å². The van der Waals surface area contributed by atoms with Gasteiger partial charge in [0.05, 0.1) is 6.54 Å². The Balaban J connectivity index is 1.82. The molecule has 7 heteroatoms. The van der Waals surface area contributed by atoms with Gasteiger partial charge in [0, 0.05) is 43.5 Å². The number of para-hydroxylation sites is 1. The van der Waals surface area contributed by atoms with Crippen LogP contribution in [0.2, 0.25) is 0 Å². The molecule has 3 aromatic rings. The first-order chi connectivity index (χ1) is 15.8. The first-order valence-electron chi connectivity index (χ1n) is 11.1. The van der Waals surface area contributed by atoms with Crippen LogP contribution in [0.3, 0.4) is 0 Å². The molecule has 7 nitrogen and oxygen atoms in total. The molecule has 0 bridgehead atoms. The van der Waals surface area contributed by atoms with Crippen LogP contribution in [-0.2, 0) is 17.8 Å². The number of benzene rings is 2. The Bertz CT molecular complexity index is 1150. The Labute approximate surface area is 194 Å². The number of carboxylic acids is 1. The number of aromatic nitrogens is 2. The van der Waals surface area contributed by atoms with Crippen LogP contribution in [0.25, 0.3) is 0 Å². The highest BCUT2D eigenvalue weighted by Gasteiger charge is 2.25. The number of hydrogen-bond acceptors (Lipinski definition) is 5. The summed E-state index contributed by atoms with van der Waals surface area (Å²) in [7, 11) is 3.73. The molecular formula is C26H31N3O4. The zero-order chi connectivity index (χ0) is 24.0. The van der Waals surface area contributed by atoms with E-state index in [1.807, 2.05) is 50.2 Å². The van der Waals surface area contributed by atoms with Crippen molar-refractivity contribution in [3.63, 3.8) is 0 Å². The second-order valence-electron chi connectivity index (χ2n) is 8.28. The maximum Gasteiger partial charge on any atom is 0.349 e. The Kier molecular flexibility index (Phi) is 7.87. The predicted octanol–water partition coefficient (Wildman–Crippen LogP) is 4.21. The Morgan fingerprint density at radius 3 is 2.48 bits per heavy atom. The van der Waals surface area contributed by atoms with E-state index in [9.17, 15) is 14.7 Å². The van der Waals surface area contributed by atoms with Gasteiger partial charge in [0.2, 0.25) is 6.10 Å². The summed E-state index contributed by atoms with van der Waals surface area (Å²) in [5, 5.41) is 9.81.